The van der Waals surface area contributed by atoms with Crippen LogP contribution in [0.4, 0.5) is 0 Å². The van der Waals surface area contributed by atoms with Gasteiger partial charge in [-0.05, 0) is 36.6 Å². The van der Waals surface area contributed by atoms with Gasteiger partial charge in [-0.1, -0.05) is 0 Å². The molecule has 1 aliphatic heterocycles. The molecule has 2 aliphatic rings. The topological polar surface area (TPSA) is 64.8 Å². The Balaban J connectivity index is 1.42. The number of amides is 1. The second-order valence-electron chi connectivity index (χ2n) is 6.20. The van der Waals surface area contributed by atoms with Crippen molar-refractivity contribution in [2.45, 2.75) is 37.7 Å². The van der Waals surface area contributed by atoms with Crippen molar-refractivity contribution in [1.29, 1.82) is 0 Å². The van der Waals surface area contributed by atoms with Gasteiger partial charge in [0.1, 0.15) is 12.4 Å². The van der Waals surface area contributed by atoms with E-state index in [9.17, 15) is 4.79 Å². The average molecular weight is 328 g/mol. The largest absolute Gasteiger partial charge is 0.472 e. The first-order valence-electron chi connectivity index (χ1n) is 8.28. The molecule has 126 valence electrons. The zero-order valence-electron chi connectivity index (χ0n) is 13.3. The Hall–Kier alpha value is -2.18. The summed E-state index contributed by atoms with van der Waals surface area (Å²) in [6.07, 6.45) is 8.31. The maximum absolute atomic E-state index is 12.7. The number of furan rings is 1. The van der Waals surface area contributed by atoms with Crippen LogP contribution in [-0.4, -0.2) is 47.2 Å². The van der Waals surface area contributed by atoms with Crippen LogP contribution in [0, 0.1) is 0 Å². The van der Waals surface area contributed by atoms with Gasteiger partial charge in [-0.15, -0.1) is 0 Å². The minimum Gasteiger partial charge on any atom is -0.472 e. The first-order chi connectivity index (χ1) is 11.8. The summed E-state index contributed by atoms with van der Waals surface area (Å²) >= 11 is 0. The number of nitrogens with zero attached hydrogens (tertiary/aromatic N) is 2. The van der Waals surface area contributed by atoms with Gasteiger partial charge in [0.15, 0.2) is 0 Å². The third-order valence-corrected chi connectivity index (χ3v) is 4.78. The molecule has 0 radical (unpaired) electrons. The van der Waals surface area contributed by atoms with Crippen molar-refractivity contribution in [2.24, 2.45) is 0 Å². The fraction of sp³-hybridized carbons (Fsp3) is 0.444. The van der Waals surface area contributed by atoms with Crippen LogP contribution in [0.15, 0.2) is 47.5 Å². The third kappa shape index (κ3) is 2.95. The molecule has 1 saturated heterocycles. The van der Waals surface area contributed by atoms with Gasteiger partial charge >= 0.3 is 0 Å². The summed E-state index contributed by atoms with van der Waals surface area (Å²) in [4.78, 5) is 18.6. The summed E-state index contributed by atoms with van der Waals surface area (Å²) in [6.45, 7) is 1.69. The van der Waals surface area contributed by atoms with Crippen LogP contribution >= 0.6 is 0 Å². The molecule has 0 unspecified atom stereocenters. The van der Waals surface area contributed by atoms with Crippen LogP contribution in [-0.2, 0) is 16.1 Å². The number of aromatic nitrogens is 1. The van der Waals surface area contributed by atoms with Crippen LogP contribution in [0.2, 0.25) is 0 Å². The molecule has 1 aliphatic carbocycles. The Labute approximate surface area is 140 Å². The normalized spacial score (nSPS) is 26.3. The molecule has 6 heteroatoms. The van der Waals surface area contributed by atoms with Crippen LogP contribution < -0.4 is 0 Å². The lowest BCUT2D eigenvalue weighted by atomic mass is 10.1. The Bertz CT molecular complexity index is 674. The van der Waals surface area contributed by atoms with Gasteiger partial charge < -0.3 is 18.8 Å². The number of carbonyl (C=O) groups is 1. The second-order valence-corrected chi connectivity index (χ2v) is 6.20. The second kappa shape index (κ2) is 6.75. The van der Waals surface area contributed by atoms with Gasteiger partial charge in [-0.25, -0.2) is 0 Å². The van der Waals surface area contributed by atoms with Crippen molar-refractivity contribution in [3.8, 4) is 0 Å². The molecule has 0 spiro atoms. The number of hydrogen-bond acceptors (Lipinski definition) is 5. The van der Waals surface area contributed by atoms with Gasteiger partial charge in [0.25, 0.3) is 5.91 Å². The van der Waals surface area contributed by atoms with Gasteiger partial charge in [0.05, 0.1) is 37.2 Å². The fourth-order valence-corrected chi connectivity index (χ4v) is 3.58. The molecule has 3 heterocycles. The van der Waals surface area contributed by atoms with E-state index in [2.05, 4.69) is 4.98 Å². The number of pyridine rings is 1. The molecule has 1 saturated carbocycles. The number of carbonyl (C=O) groups excluding carboxylic acids is 1. The van der Waals surface area contributed by atoms with Gasteiger partial charge in [0, 0.05) is 18.9 Å². The van der Waals surface area contributed by atoms with E-state index in [-0.39, 0.29) is 24.2 Å². The molecule has 6 nitrogen and oxygen atoms in total. The number of rotatable bonds is 4. The van der Waals surface area contributed by atoms with Gasteiger partial charge in [-0.3, -0.25) is 9.78 Å². The molecular formula is C18H20N2O4. The van der Waals surface area contributed by atoms with E-state index in [0.717, 1.165) is 18.4 Å². The van der Waals surface area contributed by atoms with E-state index in [4.69, 9.17) is 13.9 Å². The Morgan fingerprint density at radius 2 is 2.17 bits per heavy atom. The first kappa shape index (κ1) is 15.4. The predicted octanol–water partition coefficient (Wildman–Crippen LogP) is 2.26. The summed E-state index contributed by atoms with van der Waals surface area (Å²) in [5, 5.41) is 0. The molecule has 0 aromatic carbocycles. The van der Waals surface area contributed by atoms with Crippen molar-refractivity contribution >= 4 is 5.91 Å². The standard InChI is InChI=1S/C18H20N2O4/c21-18(14-5-9-22-12-14)20-8-10-23-17-15(20)1-2-16(17)24-11-13-3-6-19-7-4-13/h3-7,9,12,15-17H,1-2,8,10-11H2/t15-,16+,17+/m0/s1. The van der Waals surface area contributed by atoms with E-state index in [1.165, 1.54) is 12.5 Å². The van der Waals surface area contributed by atoms with E-state index in [1.54, 1.807) is 18.5 Å². The first-order valence-corrected chi connectivity index (χ1v) is 8.28. The van der Waals surface area contributed by atoms with E-state index in [1.807, 2.05) is 17.0 Å². The summed E-state index contributed by atoms with van der Waals surface area (Å²) in [6, 6.07) is 5.67. The summed E-state index contributed by atoms with van der Waals surface area (Å²) in [7, 11) is 0. The van der Waals surface area contributed by atoms with Crippen molar-refractivity contribution in [3.63, 3.8) is 0 Å². The Kier molecular flexibility index (Phi) is 4.32. The number of morpholine rings is 1. The fourth-order valence-electron chi connectivity index (χ4n) is 3.58. The maximum Gasteiger partial charge on any atom is 0.257 e. The predicted molar refractivity (Wildman–Crippen MR) is 85.3 cm³/mol. The molecular weight excluding hydrogens is 308 g/mol. The summed E-state index contributed by atoms with van der Waals surface area (Å²) in [5.74, 6) is 0.0110. The van der Waals surface area contributed by atoms with Crippen LogP contribution in [0.5, 0.6) is 0 Å². The average Bonchev–Trinajstić information content (AvgIpc) is 3.30. The van der Waals surface area contributed by atoms with E-state index in [0.29, 0.717) is 25.3 Å². The van der Waals surface area contributed by atoms with Crippen molar-refractivity contribution in [1.82, 2.24) is 9.88 Å². The highest BCUT2D eigenvalue weighted by molar-refractivity contribution is 5.94. The van der Waals surface area contributed by atoms with Crippen molar-refractivity contribution in [3.05, 3.63) is 54.2 Å². The zero-order chi connectivity index (χ0) is 16.4. The molecule has 3 atom stereocenters. The number of hydrogen-bond donors (Lipinski definition) is 0. The summed E-state index contributed by atoms with van der Waals surface area (Å²) in [5.41, 5.74) is 1.69. The Morgan fingerprint density at radius 3 is 2.96 bits per heavy atom. The van der Waals surface area contributed by atoms with Crippen molar-refractivity contribution in [2.75, 3.05) is 13.2 Å². The monoisotopic (exact) mass is 328 g/mol. The van der Waals surface area contributed by atoms with E-state index >= 15 is 0 Å². The molecule has 24 heavy (non-hydrogen) atoms. The smallest absolute Gasteiger partial charge is 0.257 e. The highest BCUT2D eigenvalue weighted by atomic mass is 16.5. The van der Waals surface area contributed by atoms with E-state index < -0.39 is 0 Å². The maximum atomic E-state index is 12.7. The third-order valence-electron chi connectivity index (χ3n) is 4.78. The lowest BCUT2D eigenvalue weighted by Crippen LogP contribution is -2.53. The summed E-state index contributed by atoms with van der Waals surface area (Å²) < 4.78 is 17.1. The molecule has 1 amide bonds. The molecule has 2 aromatic rings. The quantitative estimate of drug-likeness (QED) is 0.861. The highest BCUT2D eigenvalue weighted by Gasteiger charge is 2.45. The van der Waals surface area contributed by atoms with Crippen LogP contribution in [0.1, 0.15) is 28.8 Å². The molecule has 2 fully saturated rings. The Morgan fingerprint density at radius 1 is 1.29 bits per heavy atom. The number of ether oxygens (including phenoxy) is 2. The minimum atomic E-state index is -0.0589. The van der Waals surface area contributed by atoms with Gasteiger partial charge in [-0.2, -0.15) is 0 Å². The molecule has 0 bridgehead atoms. The molecule has 0 N–H and O–H groups in total. The SMILES string of the molecule is O=C(c1ccoc1)N1CCO[C@H]2[C@H](OCc3ccncc3)CC[C@@H]21. The van der Waals surface area contributed by atoms with Crippen molar-refractivity contribution < 1.29 is 18.7 Å². The number of fused-ring (bicyclic) bond motifs is 1. The van der Waals surface area contributed by atoms with Crippen LogP contribution in [0.25, 0.3) is 0 Å². The minimum absolute atomic E-state index is 0.0110. The lowest BCUT2D eigenvalue weighted by Gasteiger charge is -2.38. The lowest BCUT2D eigenvalue weighted by molar-refractivity contribution is -0.108. The zero-order valence-corrected chi connectivity index (χ0v) is 13.3. The van der Waals surface area contributed by atoms with Gasteiger partial charge in [0.2, 0.25) is 0 Å². The van der Waals surface area contributed by atoms with Crippen LogP contribution in [0.3, 0.4) is 0 Å². The molecule has 2 aromatic heterocycles. The molecule has 4 rings (SSSR count). The highest BCUT2D eigenvalue weighted by Crippen LogP contribution is 2.33.